The predicted molar refractivity (Wildman–Crippen MR) is 102 cm³/mol. The molecule has 3 aromatic rings. The van der Waals surface area contributed by atoms with Gasteiger partial charge in [0.1, 0.15) is 18.1 Å². The highest BCUT2D eigenvalue weighted by molar-refractivity contribution is 6.03. The van der Waals surface area contributed by atoms with Gasteiger partial charge < -0.3 is 4.84 Å². The summed E-state index contributed by atoms with van der Waals surface area (Å²) < 4.78 is 0. The van der Waals surface area contributed by atoms with Crippen molar-refractivity contribution in [2.45, 2.75) is 12.8 Å². The lowest BCUT2D eigenvalue weighted by molar-refractivity contribution is -0.384. The minimum absolute atomic E-state index is 0.0779. The highest BCUT2D eigenvalue weighted by Gasteiger charge is 2.36. The molecule has 0 bridgehead atoms. The highest BCUT2D eigenvalue weighted by atomic mass is 16.7. The second-order valence-corrected chi connectivity index (χ2v) is 6.81. The molecule has 0 N–H and O–H groups in total. The van der Waals surface area contributed by atoms with Crippen molar-refractivity contribution in [3.05, 3.63) is 52.1 Å². The van der Waals surface area contributed by atoms with Crippen LogP contribution in [0.3, 0.4) is 0 Å². The van der Waals surface area contributed by atoms with Gasteiger partial charge in [0.25, 0.3) is 5.69 Å². The molecule has 1 atom stereocenters. The van der Waals surface area contributed by atoms with Crippen molar-refractivity contribution < 1.29 is 19.3 Å². The molecule has 1 unspecified atom stereocenters. The van der Waals surface area contributed by atoms with Crippen LogP contribution in [0.5, 0.6) is 0 Å². The fraction of sp³-hybridized carbons (Fsp3) is 0.263. The third-order valence-electron chi connectivity index (χ3n) is 5.16. The molecule has 0 aliphatic carbocycles. The van der Waals surface area contributed by atoms with Crippen LogP contribution in [0.25, 0.3) is 22.2 Å². The van der Waals surface area contributed by atoms with Crippen LogP contribution in [-0.4, -0.2) is 51.0 Å². The van der Waals surface area contributed by atoms with Gasteiger partial charge in [-0.05, 0) is 28.8 Å². The van der Waals surface area contributed by atoms with Gasteiger partial charge in [0, 0.05) is 31.2 Å². The van der Waals surface area contributed by atoms with Crippen LogP contribution in [0.15, 0.2) is 36.4 Å². The minimum Gasteiger partial charge on any atom is -0.398 e. The van der Waals surface area contributed by atoms with Crippen molar-refractivity contribution in [2.24, 2.45) is 5.92 Å². The molecule has 1 fully saturated rings. The van der Waals surface area contributed by atoms with Gasteiger partial charge in [-0.1, -0.05) is 23.0 Å². The average molecular weight is 395 g/mol. The summed E-state index contributed by atoms with van der Waals surface area (Å²) in [6.45, 7) is 0. The number of nitro groups is 1. The van der Waals surface area contributed by atoms with Gasteiger partial charge in [0.05, 0.1) is 10.8 Å². The second kappa shape index (κ2) is 6.97. The number of nitro benzene ring substituents is 1. The van der Waals surface area contributed by atoms with Crippen molar-refractivity contribution in [1.82, 2.24) is 20.1 Å². The topological polar surface area (TPSA) is 120 Å². The van der Waals surface area contributed by atoms with Crippen molar-refractivity contribution >= 4 is 28.5 Å². The molecule has 1 aliphatic heterocycles. The number of imide groups is 1. The monoisotopic (exact) mass is 395 g/mol. The Morgan fingerprint density at radius 2 is 2.03 bits per heavy atom. The minimum atomic E-state index is -0.499. The zero-order valence-corrected chi connectivity index (χ0v) is 15.7. The van der Waals surface area contributed by atoms with Gasteiger partial charge in [-0.3, -0.25) is 24.6 Å². The molecule has 4 rings (SSSR count). The molecule has 1 aliphatic rings. The molecule has 148 valence electrons. The molecule has 10 heteroatoms. The summed E-state index contributed by atoms with van der Waals surface area (Å²) in [5, 5.41) is 19.4. The van der Waals surface area contributed by atoms with Crippen LogP contribution in [0, 0.1) is 16.0 Å². The summed E-state index contributed by atoms with van der Waals surface area (Å²) in [6, 6.07) is 9.82. The Kier molecular flexibility index (Phi) is 4.45. The van der Waals surface area contributed by atoms with Gasteiger partial charge in [-0.15, -0.1) is 5.10 Å². The molecule has 1 saturated heterocycles. The smallest absolute Gasteiger partial charge is 0.270 e. The number of amides is 2. The van der Waals surface area contributed by atoms with Crippen LogP contribution in [0.2, 0.25) is 0 Å². The lowest BCUT2D eigenvalue weighted by Gasteiger charge is -2.13. The van der Waals surface area contributed by atoms with E-state index in [1.54, 1.807) is 24.3 Å². The van der Waals surface area contributed by atoms with E-state index in [2.05, 4.69) is 10.3 Å². The molecule has 0 radical (unpaired) electrons. The number of carbonyl (C=O) groups is 2. The Labute approximate surface area is 164 Å². The number of non-ortho nitro benzene ring substituents is 1. The number of benzene rings is 2. The fourth-order valence-electron chi connectivity index (χ4n) is 3.64. The van der Waals surface area contributed by atoms with Gasteiger partial charge >= 0.3 is 0 Å². The van der Waals surface area contributed by atoms with Crippen LogP contribution in [0.1, 0.15) is 12.0 Å². The standard InChI is InChI=1S/C19H17N5O5/c1-22-17(25)9-12(19(22)26)8-11-6-7-13(24(27)28)10-15(11)14-4-3-5-16-18(14)20-21-23(16)29-2/h3-7,10,12H,8-9H2,1-2H3. The first-order chi connectivity index (χ1) is 13.9. The molecule has 0 spiro atoms. The summed E-state index contributed by atoms with van der Waals surface area (Å²) in [7, 11) is 2.92. The zero-order valence-electron chi connectivity index (χ0n) is 15.7. The molecular formula is C19H17N5O5. The molecule has 2 heterocycles. The number of fused-ring (bicyclic) bond motifs is 1. The number of hydrogen-bond acceptors (Lipinski definition) is 7. The number of likely N-dealkylation sites (tertiary alicyclic amines) is 1. The molecule has 29 heavy (non-hydrogen) atoms. The number of hydrogen-bond donors (Lipinski definition) is 0. The van der Waals surface area contributed by atoms with Crippen LogP contribution >= 0.6 is 0 Å². The number of carbonyl (C=O) groups excluding carboxylic acids is 2. The Hall–Kier alpha value is -3.82. The van der Waals surface area contributed by atoms with E-state index in [1.165, 1.54) is 31.1 Å². The molecular weight excluding hydrogens is 378 g/mol. The lowest BCUT2D eigenvalue weighted by atomic mass is 9.90. The Morgan fingerprint density at radius 1 is 1.24 bits per heavy atom. The summed E-state index contributed by atoms with van der Waals surface area (Å²) in [4.78, 5) is 42.6. The maximum atomic E-state index is 12.4. The Morgan fingerprint density at radius 3 is 2.69 bits per heavy atom. The van der Waals surface area contributed by atoms with Crippen LogP contribution in [-0.2, 0) is 16.0 Å². The average Bonchev–Trinajstić information content (AvgIpc) is 3.24. The third-order valence-corrected chi connectivity index (χ3v) is 5.16. The molecule has 10 nitrogen and oxygen atoms in total. The highest BCUT2D eigenvalue weighted by Crippen LogP contribution is 2.35. The number of rotatable bonds is 5. The predicted octanol–water partition coefficient (Wildman–Crippen LogP) is 1.61. The van der Waals surface area contributed by atoms with Gasteiger partial charge in [0.15, 0.2) is 0 Å². The lowest BCUT2D eigenvalue weighted by Crippen LogP contribution is -2.26. The second-order valence-electron chi connectivity index (χ2n) is 6.81. The quantitative estimate of drug-likeness (QED) is 0.365. The van der Waals surface area contributed by atoms with Crippen LogP contribution < -0.4 is 4.84 Å². The van der Waals surface area contributed by atoms with E-state index in [9.17, 15) is 19.7 Å². The summed E-state index contributed by atoms with van der Waals surface area (Å²) in [5.41, 5.74) is 2.97. The largest absolute Gasteiger partial charge is 0.398 e. The SMILES string of the molecule is COn1nnc2c(-c3cc([N+](=O)[O-])ccc3CC3CC(=O)N(C)C3=O)cccc21. The van der Waals surface area contributed by atoms with Gasteiger partial charge in [-0.2, -0.15) is 0 Å². The first-order valence-corrected chi connectivity index (χ1v) is 8.87. The van der Waals surface area contributed by atoms with E-state index in [-0.39, 0.29) is 30.3 Å². The maximum Gasteiger partial charge on any atom is 0.270 e. The van der Waals surface area contributed by atoms with Crippen molar-refractivity contribution in [3.63, 3.8) is 0 Å². The molecule has 2 amide bonds. The molecule has 2 aromatic carbocycles. The Bertz CT molecular complexity index is 1160. The first kappa shape index (κ1) is 18.5. The van der Waals surface area contributed by atoms with Crippen molar-refractivity contribution in [1.29, 1.82) is 0 Å². The first-order valence-electron chi connectivity index (χ1n) is 8.87. The van der Waals surface area contributed by atoms with Gasteiger partial charge in [0.2, 0.25) is 11.8 Å². The maximum absolute atomic E-state index is 12.4. The van der Waals surface area contributed by atoms with E-state index in [1.807, 2.05) is 0 Å². The molecule has 0 saturated carbocycles. The fourth-order valence-corrected chi connectivity index (χ4v) is 3.64. The van der Waals surface area contributed by atoms with Crippen molar-refractivity contribution in [3.8, 4) is 11.1 Å². The normalized spacial score (nSPS) is 16.6. The number of aromatic nitrogens is 3. The summed E-state index contributed by atoms with van der Waals surface area (Å²) in [6.07, 6.45) is 0.410. The van der Waals surface area contributed by atoms with E-state index < -0.39 is 10.8 Å². The summed E-state index contributed by atoms with van der Waals surface area (Å²) >= 11 is 0. The summed E-state index contributed by atoms with van der Waals surface area (Å²) in [5.74, 6) is -0.974. The zero-order chi connectivity index (χ0) is 20.7. The van der Waals surface area contributed by atoms with E-state index in [0.717, 1.165) is 10.5 Å². The number of nitrogens with zero attached hydrogens (tertiary/aromatic N) is 5. The van der Waals surface area contributed by atoms with Gasteiger partial charge in [-0.25, -0.2) is 0 Å². The van der Waals surface area contributed by atoms with E-state index in [0.29, 0.717) is 22.2 Å². The van der Waals surface area contributed by atoms with Crippen molar-refractivity contribution in [2.75, 3.05) is 14.2 Å². The Balaban J connectivity index is 1.85. The van der Waals surface area contributed by atoms with Crippen LogP contribution in [0.4, 0.5) is 5.69 Å². The third kappa shape index (κ3) is 3.08. The van der Waals surface area contributed by atoms with E-state index >= 15 is 0 Å². The molecule has 1 aromatic heterocycles. The van der Waals surface area contributed by atoms with E-state index in [4.69, 9.17) is 4.84 Å².